The number of thiazole rings is 1. The summed E-state index contributed by atoms with van der Waals surface area (Å²) < 4.78 is 2.12. The molecule has 0 spiro atoms. The van der Waals surface area contributed by atoms with Crippen molar-refractivity contribution < 1.29 is 0 Å². The molecule has 2 aromatic rings. The summed E-state index contributed by atoms with van der Waals surface area (Å²) in [6, 6.07) is 2.12. The van der Waals surface area contributed by atoms with Crippen molar-refractivity contribution in [1.29, 1.82) is 5.26 Å². The Balaban J connectivity index is 2.01. The lowest BCUT2D eigenvalue weighted by Crippen LogP contribution is -2.26. The van der Waals surface area contributed by atoms with Crippen LogP contribution in [0, 0.1) is 22.7 Å². The number of rotatable bonds is 0. The highest BCUT2D eigenvalue weighted by atomic mass is 32.1. The number of imidazole rings is 1. The van der Waals surface area contributed by atoms with Gasteiger partial charge in [0.15, 0.2) is 10.7 Å². The van der Waals surface area contributed by atoms with Crippen LogP contribution in [0.2, 0.25) is 0 Å². The van der Waals surface area contributed by atoms with Gasteiger partial charge in [0.2, 0.25) is 0 Å². The van der Waals surface area contributed by atoms with E-state index < -0.39 is 0 Å². The van der Waals surface area contributed by atoms with Crippen LogP contribution < -0.4 is 0 Å². The summed E-state index contributed by atoms with van der Waals surface area (Å²) in [5, 5.41) is 8.89. The monoisotopic (exact) mass is 259 g/mol. The van der Waals surface area contributed by atoms with E-state index in [1.807, 2.05) is 6.20 Å². The maximum atomic E-state index is 8.89. The standard InChI is InChI=1S/C14H17N3S/c1-14(2,3)9-4-5-11-12(6-9)18-13-16-10(7-15)8-17(11)13/h8-9H,4-6H2,1-3H3. The van der Waals surface area contributed by atoms with E-state index in [4.69, 9.17) is 5.26 Å². The molecule has 0 amide bonds. The number of aryl methyl sites for hydroxylation is 1. The van der Waals surface area contributed by atoms with Crippen LogP contribution >= 0.6 is 11.3 Å². The predicted molar refractivity (Wildman–Crippen MR) is 72.8 cm³/mol. The lowest BCUT2D eigenvalue weighted by atomic mass is 9.73. The fraction of sp³-hybridized carbons (Fsp3) is 0.571. The molecule has 0 saturated heterocycles. The van der Waals surface area contributed by atoms with Crippen LogP contribution in [0.1, 0.15) is 43.5 Å². The van der Waals surface area contributed by atoms with Gasteiger partial charge in [-0.2, -0.15) is 5.26 Å². The minimum absolute atomic E-state index is 0.377. The first kappa shape index (κ1) is 11.7. The molecule has 0 fully saturated rings. The average Bonchev–Trinajstić information content (AvgIpc) is 2.83. The molecule has 0 bridgehead atoms. The van der Waals surface area contributed by atoms with Gasteiger partial charge in [-0.3, -0.25) is 4.40 Å². The van der Waals surface area contributed by atoms with Crippen molar-refractivity contribution in [3.8, 4) is 6.07 Å². The zero-order valence-electron chi connectivity index (χ0n) is 11.0. The molecule has 2 heterocycles. The summed E-state index contributed by atoms with van der Waals surface area (Å²) in [6.07, 6.45) is 5.39. The molecule has 1 unspecified atom stereocenters. The van der Waals surface area contributed by atoms with Gasteiger partial charge < -0.3 is 0 Å². The Morgan fingerprint density at radius 1 is 1.50 bits per heavy atom. The van der Waals surface area contributed by atoms with Crippen LogP contribution in [-0.2, 0) is 12.8 Å². The number of aromatic nitrogens is 2. The Hall–Kier alpha value is -1.34. The van der Waals surface area contributed by atoms with Crippen molar-refractivity contribution in [1.82, 2.24) is 9.38 Å². The Kier molecular flexibility index (Phi) is 2.49. The topological polar surface area (TPSA) is 41.1 Å². The van der Waals surface area contributed by atoms with Gasteiger partial charge in [-0.25, -0.2) is 4.98 Å². The van der Waals surface area contributed by atoms with E-state index in [1.165, 1.54) is 17.0 Å². The molecule has 18 heavy (non-hydrogen) atoms. The van der Waals surface area contributed by atoms with Crippen molar-refractivity contribution in [2.45, 2.75) is 40.0 Å². The Morgan fingerprint density at radius 2 is 2.28 bits per heavy atom. The first-order valence-electron chi connectivity index (χ1n) is 6.39. The molecule has 3 nitrogen and oxygen atoms in total. The first-order valence-corrected chi connectivity index (χ1v) is 7.20. The van der Waals surface area contributed by atoms with Crippen molar-refractivity contribution in [3.63, 3.8) is 0 Å². The van der Waals surface area contributed by atoms with Crippen LogP contribution in [0.3, 0.4) is 0 Å². The highest BCUT2D eigenvalue weighted by molar-refractivity contribution is 7.17. The van der Waals surface area contributed by atoms with Crippen LogP contribution in [0.25, 0.3) is 4.96 Å². The van der Waals surface area contributed by atoms with Gasteiger partial charge in [0, 0.05) is 16.8 Å². The summed E-state index contributed by atoms with van der Waals surface area (Å²) in [5.41, 5.74) is 2.29. The first-order chi connectivity index (χ1) is 8.49. The predicted octanol–water partition coefficient (Wildman–Crippen LogP) is 3.42. The molecule has 0 saturated carbocycles. The molecule has 94 valence electrons. The zero-order chi connectivity index (χ0) is 12.9. The van der Waals surface area contributed by atoms with E-state index in [0.29, 0.717) is 11.1 Å². The Bertz CT molecular complexity index is 636. The smallest absolute Gasteiger partial charge is 0.195 e. The van der Waals surface area contributed by atoms with Gasteiger partial charge in [-0.1, -0.05) is 20.8 Å². The fourth-order valence-electron chi connectivity index (χ4n) is 2.78. The molecule has 0 aromatic carbocycles. The number of nitriles is 1. The highest BCUT2D eigenvalue weighted by Gasteiger charge is 2.31. The quantitative estimate of drug-likeness (QED) is 0.727. The summed E-state index contributed by atoms with van der Waals surface area (Å²) in [7, 11) is 0. The molecule has 2 aromatic heterocycles. The van der Waals surface area contributed by atoms with Gasteiger partial charge >= 0.3 is 0 Å². The van der Waals surface area contributed by atoms with Crippen molar-refractivity contribution in [2.24, 2.45) is 11.3 Å². The Labute approximate surface area is 111 Å². The molecule has 1 aliphatic rings. The van der Waals surface area contributed by atoms with Crippen molar-refractivity contribution in [2.75, 3.05) is 0 Å². The van der Waals surface area contributed by atoms with Crippen molar-refractivity contribution >= 4 is 16.3 Å². The van der Waals surface area contributed by atoms with Gasteiger partial charge in [0.05, 0.1) is 0 Å². The molecule has 0 aliphatic heterocycles. The number of hydrogen-bond donors (Lipinski definition) is 0. The molecule has 4 heteroatoms. The fourth-order valence-corrected chi connectivity index (χ4v) is 4.01. The van der Waals surface area contributed by atoms with Crippen molar-refractivity contribution in [3.05, 3.63) is 22.5 Å². The summed E-state index contributed by atoms with van der Waals surface area (Å²) >= 11 is 1.76. The van der Waals surface area contributed by atoms with E-state index >= 15 is 0 Å². The Morgan fingerprint density at radius 3 is 2.94 bits per heavy atom. The van der Waals surface area contributed by atoms with Gasteiger partial charge in [-0.15, -0.1) is 11.3 Å². The minimum Gasteiger partial charge on any atom is -0.293 e. The number of hydrogen-bond acceptors (Lipinski definition) is 3. The average molecular weight is 259 g/mol. The van der Waals surface area contributed by atoms with E-state index in [0.717, 1.165) is 23.7 Å². The van der Waals surface area contributed by atoms with Crippen LogP contribution in [-0.4, -0.2) is 9.38 Å². The van der Waals surface area contributed by atoms with E-state index in [2.05, 4.69) is 36.2 Å². The third-order valence-corrected chi connectivity index (χ3v) is 5.12. The molecule has 0 N–H and O–H groups in total. The molecule has 1 atom stereocenters. The largest absolute Gasteiger partial charge is 0.293 e. The normalized spacial score (nSPS) is 19.8. The third kappa shape index (κ3) is 1.74. The van der Waals surface area contributed by atoms with Gasteiger partial charge in [-0.05, 0) is 30.6 Å². The lowest BCUT2D eigenvalue weighted by Gasteiger charge is -2.33. The number of nitrogens with zero attached hydrogens (tertiary/aromatic N) is 3. The SMILES string of the molecule is CC(C)(C)C1CCc2c(sc3nc(C#N)cn23)C1. The molecule has 1 aliphatic carbocycles. The molecular formula is C14H17N3S. The van der Waals surface area contributed by atoms with Crippen LogP contribution in [0.15, 0.2) is 6.20 Å². The van der Waals surface area contributed by atoms with Crippen LogP contribution in [0.4, 0.5) is 0 Å². The molecule has 0 radical (unpaired) electrons. The van der Waals surface area contributed by atoms with Crippen LogP contribution in [0.5, 0.6) is 0 Å². The van der Waals surface area contributed by atoms with Gasteiger partial charge in [0.1, 0.15) is 6.07 Å². The summed E-state index contributed by atoms with van der Waals surface area (Å²) in [5.74, 6) is 0.754. The van der Waals surface area contributed by atoms with E-state index in [-0.39, 0.29) is 0 Å². The van der Waals surface area contributed by atoms with E-state index in [9.17, 15) is 0 Å². The molecule has 3 rings (SSSR count). The second-order valence-electron chi connectivity index (χ2n) is 6.17. The van der Waals surface area contributed by atoms with E-state index in [1.54, 1.807) is 11.3 Å². The zero-order valence-corrected chi connectivity index (χ0v) is 11.8. The highest BCUT2D eigenvalue weighted by Crippen LogP contribution is 2.40. The maximum Gasteiger partial charge on any atom is 0.195 e. The van der Waals surface area contributed by atoms with Gasteiger partial charge in [0.25, 0.3) is 0 Å². The summed E-state index contributed by atoms with van der Waals surface area (Å²) in [4.78, 5) is 6.79. The third-order valence-electron chi connectivity index (χ3n) is 4.00. The molecular weight excluding hydrogens is 242 g/mol. The summed E-state index contributed by atoms with van der Waals surface area (Å²) in [6.45, 7) is 6.99. The number of fused-ring (bicyclic) bond motifs is 3. The maximum absolute atomic E-state index is 8.89. The lowest BCUT2D eigenvalue weighted by molar-refractivity contribution is 0.216. The minimum atomic E-state index is 0.377. The second kappa shape index (κ2) is 3.83. The second-order valence-corrected chi connectivity index (χ2v) is 7.23.